The van der Waals surface area contributed by atoms with Crippen LogP contribution in [0.15, 0.2) is 46.2 Å². The Morgan fingerprint density at radius 1 is 0.710 bits per heavy atom. The third kappa shape index (κ3) is 7.29. The first-order valence-corrected chi connectivity index (χ1v) is 13.2. The van der Waals surface area contributed by atoms with Gasteiger partial charge in [-0.1, -0.05) is 50.9 Å². The van der Waals surface area contributed by atoms with Crippen LogP contribution in [0, 0.1) is 0 Å². The smallest absolute Gasteiger partial charge is 0.0451 e. The van der Waals surface area contributed by atoms with E-state index in [1.807, 2.05) is 24.3 Å². The molecular formula is C24H34Cl2N2OS2. The fourth-order valence-electron chi connectivity index (χ4n) is 3.87. The maximum absolute atomic E-state index is 6.32. The Balaban J connectivity index is 2.19. The monoisotopic (exact) mass is 500 g/mol. The number of halogens is 2. The van der Waals surface area contributed by atoms with Crippen LogP contribution in [-0.2, 0) is 3.63 Å². The molecule has 2 atom stereocenters. The quantitative estimate of drug-likeness (QED) is 0.270. The Hall–Kier alpha value is -0.400. The molecule has 0 amide bonds. The molecule has 0 saturated carbocycles. The van der Waals surface area contributed by atoms with Crippen molar-refractivity contribution < 1.29 is 3.63 Å². The minimum atomic E-state index is 0.263. The molecule has 31 heavy (non-hydrogen) atoms. The van der Waals surface area contributed by atoms with Gasteiger partial charge in [0.15, 0.2) is 0 Å². The Morgan fingerprint density at radius 2 is 1.06 bits per heavy atom. The zero-order valence-corrected chi connectivity index (χ0v) is 22.5. The van der Waals surface area contributed by atoms with E-state index in [2.05, 4.69) is 63.5 Å². The van der Waals surface area contributed by atoms with Crippen molar-refractivity contribution in [3.63, 3.8) is 0 Å². The Morgan fingerprint density at radius 3 is 1.39 bits per heavy atom. The molecule has 0 fully saturated rings. The van der Waals surface area contributed by atoms with E-state index in [-0.39, 0.29) is 12.1 Å². The van der Waals surface area contributed by atoms with E-state index >= 15 is 0 Å². The van der Waals surface area contributed by atoms with E-state index in [4.69, 9.17) is 26.8 Å². The summed E-state index contributed by atoms with van der Waals surface area (Å²) in [7, 11) is 0. The fourth-order valence-corrected chi connectivity index (χ4v) is 5.85. The van der Waals surface area contributed by atoms with Crippen LogP contribution in [-0.4, -0.2) is 36.0 Å². The lowest BCUT2D eigenvalue weighted by atomic mass is 10.1. The van der Waals surface area contributed by atoms with Gasteiger partial charge in [-0.25, -0.2) is 3.63 Å². The standard InChI is InChI=1S/C24H34Cl2N2OS2/c1-7-27(8-2)17(5)21-15-19(25)11-13-23(21)30-29-31-24-14-12-20(26)16-22(24)18(6)28(9-3)10-4/h11-18H,7-10H2,1-6H3. The second kappa shape index (κ2) is 13.3. The molecule has 2 aromatic rings. The van der Waals surface area contributed by atoms with Gasteiger partial charge in [0.1, 0.15) is 0 Å². The van der Waals surface area contributed by atoms with Crippen LogP contribution in [0.5, 0.6) is 0 Å². The summed E-state index contributed by atoms with van der Waals surface area (Å²) < 4.78 is 6.07. The van der Waals surface area contributed by atoms with Crippen molar-refractivity contribution in [1.29, 1.82) is 0 Å². The molecule has 3 nitrogen and oxygen atoms in total. The highest BCUT2D eigenvalue weighted by molar-refractivity contribution is 8.08. The summed E-state index contributed by atoms with van der Waals surface area (Å²) in [5.74, 6) is 0. The van der Waals surface area contributed by atoms with Crippen LogP contribution in [0.1, 0.15) is 64.8 Å². The summed E-state index contributed by atoms with van der Waals surface area (Å²) in [6.45, 7) is 17.1. The summed E-state index contributed by atoms with van der Waals surface area (Å²) >= 11 is 15.4. The maximum Gasteiger partial charge on any atom is 0.0451 e. The predicted octanol–water partition coefficient (Wildman–Crippen LogP) is 8.53. The largest absolute Gasteiger partial charge is 0.297 e. The van der Waals surface area contributed by atoms with Gasteiger partial charge in [-0.05, 0) is 87.6 Å². The van der Waals surface area contributed by atoms with Gasteiger partial charge in [0.05, 0.1) is 0 Å². The van der Waals surface area contributed by atoms with Crippen molar-refractivity contribution in [2.45, 2.75) is 63.4 Å². The van der Waals surface area contributed by atoms with E-state index in [0.717, 1.165) is 46.0 Å². The molecule has 7 heteroatoms. The molecule has 0 bridgehead atoms. The third-order valence-electron chi connectivity index (χ3n) is 5.81. The first-order valence-electron chi connectivity index (χ1n) is 10.9. The van der Waals surface area contributed by atoms with Crippen LogP contribution >= 0.6 is 47.3 Å². The molecule has 2 rings (SSSR count). The Bertz CT molecular complexity index is 762. The molecular weight excluding hydrogens is 467 g/mol. The Labute approximate surface area is 207 Å². The minimum Gasteiger partial charge on any atom is -0.297 e. The van der Waals surface area contributed by atoms with Gasteiger partial charge in [-0.15, -0.1) is 0 Å². The fraction of sp³-hybridized carbons (Fsp3) is 0.500. The minimum absolute atomic E-state index is 0.263. The lowest BCUT2D eigenvalue weighted by molar-refractivity contribution is 0.232. The second-order valence-corrected chi connectivity index (χ2v) is 10.0. The van der Waals surface area contributed by atoms with Crippen LogP contribution < -0.4 is 0 Å². The average molecular weight is 502 g/mol. The number of nitrogens with zero attached hydrogens (tertiary/aromatic N) is 2. The third-order valence-corrected chi connectivity index (χ3v) is 7.93. The lowest BCUT2D eigenvalue weighted by Crippen LogP contribution is -2.26. The van der Waals surface area contributed by atoms with Crippen LogP contribution in [0.4, 0.5) is 0 Å². The van der Waals surface area contributed by atoms with Crippen molar-refractivity contribution in [2.24, 2.45) is 0 Å². The molecule has 2 aromatic carbocycles. The predicted molar refractivity (Wildman–Crippen MR) is 138 cm³/mol. The summed E-state index contributed by atoms with van der Waals surface area (Å²) in [6, 6.07) is 12.6. The molecule has 0 aliphatic rings. The summed E-state index contributed by atoms with van der Waals surface area (Å²) in [6.07, 6.45) is 0. The molecule has 0 aliphatic carbocycles. The van der Waals surface area contributed by atoms with Gasteiger partial charge in [-0.3, -0.25) is 9.80 Å². The highest BCUT2D eigenvalue weighted by Crippen LogP contribution is 2.39. The van der Waals surface area contributed by atoms with Gasteiger partial charge < -0.3 is 0 Å². The normalized spacial score (nSPS) is 13.7. The van der Waals surface area contributed by atoms with Crippen molar-refractivity contribution >= 4 is 47.3 Å². The summed E-state index contributed by atoms with van der Waals surface area (Å²) in [4.78, 5) is 6.99. The molecule has 0 saturated heterocycles. The molecule has 0 N–H and O–H groups in total. The lowest BCUT2D eigenvalue weighted by Gasteiger charge is -2.28. The van der Waals surface area contributed by atoms with Crippen LogP contribution in [0.2, 0.25) is 10.0 Å². The first-order chi connectivity index (χ1) is 14.9. The SMILES string of the molecule is CCN(CC)C(C)c1cc(Cl)ccc1SOSc1ccc(Cl)cc1C(C)N(CC)CC. The van der Waals surface area contributed by atoms with Crippen molar-refractivity contribution in [3.8, 4) is 0 Å². The van der Waals surface area contributed by atoms with Crippen molar-refractivity contribution in [3.05, 3.63) is 57.6 Å². The number of hydrogen-bond donors (Lipinski definition) is 0. The number of rotatable bonds is 12. The van der Waals surface area contributed by atoms with Gasteiger partial charge in [0.25, 0.3) is 0 Å². The zero-order valence-electron chi connectivity index (χ0n) is 19.3. The van der Waals surface area contributed by atoms with Crippen molar-refractivity contribution in [1.82, 2.24) is 9.80 Å². The first kappa shape index (κ1) is 26.8. The zero-order chi connectivity index (χ0) is 23.0. The number of benzene rings is 2. The highest BCUT2D eigenvalue weighted by Gasteiger charge is 2.20. The van der Waals surface area contributed by atoms with Gasteiger partial charge in [-0.2, -0.15) is 0 Å². The van der Waals surface area contributed by atoms with Crippen LogP contribution in [0.25, 0.3) is 0 Å². The molecule has 172 valence electrons. The molecule has 0 heterocycles. The molecule has 0 aliphatic heterocycles. The topological polar surface area (TPSA) is 15.7 Å². The van der Waals surface area contributed by atoms with Gasteiger partial charge in [0, 0.05) is 56.0 Å². The highest BCUT2D eigenvalue weighted by atomic mass is 35.5. The second-order valence-electron chi connectivity index (χ2n) is 7.39. The molecule has 0 aromatic heterocycles. The van der Waals surface area contributed by atoms with Gasteiger partial charge >= 0.3 is 0 Å². The van der Waals surface area contributed by atoms with E-state index in [1.54, 1.807) is 0 Å². The summed E-state index contributed by atoms with van der Waals surface area (Å²) in [5.41, 5.74) is 2.38. The number of hydrogen-bond acceptors (Lipinski definition) is 5. The van der Waals surface area contributed by atoms with E-state index in [9.17, 15) is 0 Å². The van der Waals surface area contributed by atoms with Crippen molar-refractivity contribution in [2.75, 3.05) is 26.2 Å². The Kier molecular flexibility index (Phi) is 11.6. The summed E-state index contributed by atoms with van der Waals surface area (Å²) in [5, 5.41) is 1.50. The van der Waals surface area contributed by atoms with Gasteiger partial charge in [0.2, 0.25) is 0 Å². The maximum atomic E-state index is 6.32. The van der Waals surface area contributed by atoms with E-state index in [1.165, 1.54) is 35.2 Å². The molecule has 2 unspecified atom stereocenters. The van der Waals surface area contributed by atoms with E-state index in [0.29, 0.717) is 0 Å². The van der Waals surface area contributed by atoms with Crippen LogP contribution in [0.3, 0.4) is 0 Å². The molecule has 0 spiro atoms. The molecule has 0 radical (unpaired) electrons. The van der Waals surface area contributed by atoms with E-state index < -0.39 is 0 Å². The average Bonchev–Trinajstić information content (AvgIpc) is 2.77.